The number of rotatable bonds is 3. The van der Waals surface area contributed by atoms with Gasteiger partial charge in [0, 0.05) is 0 Å². The quantitative estimate of drug-likeness (QED) is 0.292. The Bertz CT molecular complexity index is 248. The van der Waals surface area contributed by atoms with Gasteiger partial charge < -0.3 is 10.2 Å². The van der Waals surface area contributed by atoms with Gasteiger partial charge in [-0.1, -0.05) is 13.2 Å². The lowest BCUT2D eigenvalue weighted by Crippen LogP contribution is -2.03. The van der Waals surface area contributed by atoms with Gasteiger partial charge in [0.2, 0.25) is 0 Å². The van der Waals surface area contributed by atoms with Crippen LogP contribution < -0.4 is 0 Å². The minimum absolute atomic E-state index is 0. The van der Waals surface area contributed by atoms with Crippen LogP contribution in [0.15, 0.2) is 25.7 Å². The lowest BCUT2D eigenvalue weighted by atomic mass is 11.1. The van der Waals surface area contributed by atoms with Gasteiger partial charge in [-0.3, -0.25) is 9.11 Å². The highest BCUT2D eigenvalue weighted by Crippen LogP contribution is 1.83. The van der Waals surface area contributed by atoms with Gasteiger partial charge >= 0.3 is 19.3 Å². The second kappa shape index (κ2) is 9.35. The molecular weight excluding hydrogens is 224 g/mol. The van der Waals surface area contributed by atoms with E-state index in [0.717, 1.165) is 0 Å². The molecule has 0 radical (unpaired) electrons. The summed E-state index contributed by atoms with van der Waals surface area (Å²) >= 11 is 0. The van der Waals surface area contributed by atoms with Crippen LogP contribution in [0.1, 0.15) is 0 Å². The molecule has 7 nitrogen and oxygen atoms in total. The molecule has 0 fully saturated rings. The van der Waals surface area contributed by atoms with Crippen molar-refractivity contribution < 1.29 is 31.9 Å². The highest BCUT2D eigenvalue weighted by molar-refractivity contribution is 8.59. The molecule has 0 amide bonds. The van der Waals surface area contributed by atoms with Gasteiger partial charge in [-0.05, 0) is 0 Å². The van der Waals surface area contributed by atoms with Gasteiger partial charge in [0.15, 0.2) is 0 Å². The fourth-order valence-corrected chi connectivity index (χ4v) is 0.0680. The predicted molar refractivity (Wildman–Crippen MR) is 47.4 cm³/mol. The molecule has 0 heterocycles. The summed E-state index contributed by atoms with van der Waals surface area (Å²) in [7, 11) is -7.87. The van der Waals surface area contributed by atoms with Crippen molar-refractivity contribution in [2.24, 2.45) is 0 Å². The Morgan fingerprint density at radius 1 is 1.31 bits per heavy atom. The molecule has 0 aliphatic heterocycles. The SMILES string of the molecule is C=COC=C.O.O=S(O)S(=O)(=O)O. The lowest BCUT2D eigenvalue weighted by Gasteiger charge is -1.80. The molecule has 0 aromatic rings. The Labute approximate surface area is 77.5 Å². The van der Waals surface area contributed by atoms with Gasteiger partial charge in [0.25, 0.3) is 0 Å². The molecule has 0 aliphatic rings. The number of hydrogen-bond donors (Lipinski definition) is 2. The summed E-state index contributed by atoms with van der Waals surface area (Å²) in [5, 5.41) is 0. The van der Waals surface area contributed by atoms with Crippen LogP contribution in [0.5, 0.6) is 0 Å². The van der Waals surface area contributed by atoms with E-state index in [1.165, 1.54) is 12.5 Å². The first-order chi connectivity index (χ1) is 5.36. The molecule has 0 saturated carbocycles. The molecule has 0 bridgehead atoms. The van der Waals surface area contributed by atoms with E-state index >= 15 is 0 Å². The van der Waals surface area contributed by atoms with Crippen molar-refractivity contribution in [1.82, 2.24) is 0 Å². The van der Waals surface area contributed by atoms with E-state index in [2.05, 4.69) is 17.9 Å². The molecule has 0 rings (SSSR count). The summed E-state index contributed by atoms with van der Waals surface area (Å²) in [5.74, 6) is 0. The molecule has 1 atom stereocenters. The van der Waals surface area contributed by atoms with Crippen LogP contribution in [0.4, 0.5) is 0 Å². The van der Waals surface area contributed by atoms with Crippen molar-refractivity contribution in [3.8, 4) is 0 Å². The Kier molecular flexibility index (Phi) is 13.0. The highest BCUT2D eigenvalue weighted by Gasteiger charge is 2.10. The molecule has 0 spiro atoms. The molecule has 0 aliphatic carbocycles. The van der Waals surface area contributed by atoms with Crippen LogP contribution in [0, 0.1) is 0 Å². The summed E-state index contributed by atoms with van der Waals surface area (Å²) in [6, 6.07) is 0. The van der Waals surface area contributed by atoms with Crippen LogP contribution >= 0.6 is 0 Å². The molecule has 13 heavy (non-hydrogen) atoms. The average Bonchev–Trinajstić information content (AvgIpc) is 1.88. The zero-order valence-electron chi connectivity index (χ0n) is 6.41. The summed E-state index contributed by atoms with van der Waals surface area (Å²) in [6.45, 7) is 6.51. The van der Waals surface area contributed by atoms with Crippen molar-refractivity contribution >= 4 is 19.3 Å². The molecule has 80 valence electrons. The third kappa shape index (κ3) is 18.3. The second-order valence-corrected chi connectivity index (χ2v) is 4.52. The number of ether oxygens (including phenoxy) is 1. The van der Waals surface area contributed by atoms with E-state index in [4.69, 9.17) is 9.11 Å². The van der Waals surface area contributed by atoms with Crippen LogP contribution in [0.2, 0.25) is 0 Å². The Balaban J connectivity index is -0.000000150. The van der Waals surface area contributed by atoms with Gasteiger partial charge in [0.1, 0.15) is 0 Å². The standard InChI is InChI=1S/C4H6O.H2O5S2.H2O/c1-3-5-4-2;1-6(2)7(3,4)5;/h3-4H,1-2H2;(H,1,2)(H,3,4,5);1H2. The van der Waals surface area contributed by atoms with Gasteiger partial charge in [-0.25, -0.2) is 4.21 Å². The number of hydrogen-bond acceptors (Lipinski definition) is 4. The maximum atomic E-state index is 9.34. The fourth-order valence-electron chi connectivity index (χ4n) is 0.0680. The summed E-state index contributed by atoms with van der Waals surface area (Å²) in [4.78, 5) is 0. The molecular formula is C4H10O7S2. The van der Waals surface area contributed by atoms with Crippen molar-refractivity contribution in [2.75, 3.05) is 0 Å². The molecule has 0 saturated heterocycles. The van der Waals surface area contributed by atoms with Crippen LogP contribution in [-0.2, 0) is 24.0 Å². The summed E-state index contributed by atoms with van der Waals surface area (Å²) < 4.78 is 47.4. The smallest absolute Gasteiger partial charge is 0.373 e. The summed E-state index contributed by atoms with van der Waals surface area (Å²) in [6.07, 6.45) is 2.62. The zero-order valence-corrected chi connectivity index (χ0v) is 8.05. The van der Waals surface area contributed by atoms with E-state index in [9.17, 15) is 12.6 Å². The van der Waals surface area contributed by atoms with Crippen molar-refractivity contribution in [2.45, 2.75) is 0 Å². The first-order valence-corrected chi connectivity index (χ1v) is 5.38. The van der Waals surface area contributed by atoms with E-state index in [-0.39, 0.29) is 5.48 Å². The zero-order chi connectivity index (χ0) is 10.2. The topological polar surface area (TPSA) is 132 Å². The first kappa shape index (κ1) is 18.1. The van der Waals surface area contributed by atoms with Crippen LogP contribution in [-0.4, -0.2) is 27.2 Å². The maximum absolute atomic E-state index is 9.34. The summed E-state index contributed by atoms with van der Waals surface area (Å²) in [5.41, 5.74) is 0. The normalized spacial score (nSPS) is 10.9. The lowest BCUT2D eigenvalue weighted by molar-refractivity contribution is 0.406. The van der Waals surface area contributed by atoms with E-state index in [0.29, 0.717) is 0 Å². The second-order valence-electron chi connectivity index (χ2n) is 1.11. The molecule has 9 heteroatoms. The Morgan fingerprint density at radius 3 is 1.54 bits per heavy atom. The fraction of sp³-hybridized carbons (Fsp3) is 0. The van der Waals surface area contributed by atoms with Crippen molar-refractivity contribution in [3.63, 3.8) is 0 Å². The van der Waals surface area contributed by atoms with Crippen LogP contribution in [0.25, 0.3) is 0 Å². The van der Waals surface area contributed by atoms with E-state index < -0.39 is 19.3 Å². The third-order valence-electron chi connectivity index (χ3n) is 0.373. The van der Waals surface area contributed by atoms with Crippen molar-refractivity contribution in [3.05, 3.63) is 25.7 Å². The monoisotopic (exact) mass is 234 g/mol. The molecule has 0 aromatic heterocycles. The van der Waals surface area contributed by atoms with Crippen LogP contribution in [0.3, 0.4) is 0 Å². The third-order valence-corrected chi connectivity index (χ3v) is 1.81. The highest BCUT2D eigenvalue weighted by atomic mass is 33.2. The predicted octanol–water partition coefficient (Wildman–Crippen LogP) is -0.524. The van der Waals surface area contributed by atoms with E-state index in [1.54, 1.807) is 0 Å². The van der Waals surface area contributed by atoms with E-state index in [1.807, 2.05) is 0 Å². The maximum Gasteiger partial charge on any atom is 0.373 e. The molecule has 0 aromatic carbocycles. The Morgan fingerprint density at radius 2 is 1.54 bits per heavy atom. The minimum atomic E-state index is -4.71. The molecule has 4 N–H and O–H groups in total. The van der Waals surface area contributed by atoms with Gasteiger partial charge in [-0.15, -0.1) is 0 Å². The molecule has 1 unspecified atom stereocenters. The Hall–Kier alpha value is -0.740. The largest absolute Gasteiger partial charge is 0.474 e. The average molecular weight is 234 g/mol. The first-order valence-electron chi connectivity index (χ1n) is 2.32. The van der Waals surface area contributed by atoms with Gasteiger partial charge in [-0.2, -0.15) is 8.42 Å². The van der Waals surface area contributed by atoms with Crippen molar-refractivity contribution in [1.29, 1.82) is 0 Å². The minimum Gasteiger partial charge on any atom is -0.474 e. The van der Waals surface area contributed by atoms with Gasteiger partial charge in [0.05, 0.1) is 12.5 Å².